The molecule has 0 heterocycles. The van der Waals surface area contributed by atoms with Crippen LogP contribution in [-0.4, -0.2) is 44.9 Å². The van der Waals surface area contributed by atoms with Crippen LogP contribution in [0.25, 0.3) is 12.2 Å². The number of carbonyl (C=O) groups is 5. The van der Waals surface area contributed by atoms with Gasteiger partial charge in [-0.1, -0.05) is 56.3 Å². The fourth-order valence-corrected chi connectivity index (χ4v) is 6.48. The molecule has 2 saturated carbocycles. The molecule has 5 rings (SSSR count). The van der Waals surface area contributed by atoms with E-state index < -0.39 is 58.3 Å². The smallest absolute Gasteiger partial charge is 0.235 e. The molecule has 0 bridgehead atoms. The van der Waals surface area contributed by atoms with Crippen molar-refractivity contribution in [3.8, 4) is 5.75 Å². The highest BCUT2D eigenvalue weighted by Crippen LogP contribution is 2.51. The third-order valence-electron chi connectivity index (χ3n) is 8.34. The second kappa shape index (κ2) is 9.13. The Morgan fingerprint density at radius 3 is 2.37 bits per heavy atom. The molecule has 4 N–H and O–H groups in total. The number of hydrogen-bond donors (Lipinski definition) is 3. The number of phenols is 1. The van der Waals surface area contributed by atoms with Gasteiger partial charge in [-0.25, -0.2) is 0 Å². The summed E-state index contributed by atoms with van der Waals surface area (Å²) in [4.78, 5) is 65.0. The number of primary amides is 1. The van der Waals surface area contributed by atoms with E-state index in [0.717, 1.165) is 11.1 Å². The Morgan fingerprint density at radius 1 is 1.05 bits per heavy atom. The first-order valence-corrected chi connectivity index (χ1v) is 12.8. The molecule has 0 aliphatic heterocycles. The van der Waals surface area contributed by atoms with Crippen molar-refractivity contribution in [2.75, 3.05) is 0 Å². The molecule has 8 heteroatoms. The fourth-order valence-electron chi connectivity index (χ4n) is 6.48. The highest BCUT2D eigenvalue weighted by atomic mass is 16.3. The third kappa shape index (κ3) is 3.74. The molecule has 3 aliphatic rings. The zero-order valence-electron chi connectivity index (χ0n) is 21.1. The SMILES string of the molecule is CC(C)c1cc(C=Cc2ccccc2)c(O)c2c1C[C@H]1C[C@H]3CC(=O)C(C(N)=O)C(=O)[C@@]3(O)C(=O)C1C2=O. The number of fused-ring (bicyclic) bond motifs is 3. The van der Waals surface area contributed by atoms with E-state index in [9.17, 15) is 34.2 Å². The minimum atomic E-state index is -2.65. The Labute approximate surface area is 219 Å². The molecule has 0 saturated heterocycles. The van der Waals surface area contributed by atoms with Gasteiger partial charge in [-0.05, 0) is 47.4 Å². The zero-order valence-corrected chi connectivity index (χ0v) is 21.1. The number of rotatable bonds is 4. The van der Waals surface area contributed by atoms with E-state index in [1.54, 1.807) is 6.08 Å². The fraction of sp³-hybridized carbons (Fsp3) is 0.367. The molecule has 2 aromatic rings. The predicted octanol–water partition coefficient (Wildman–Crippen LogP) is 2.62. The van der Waals surface area contributed by atoms with Gasteiger partial charge in [0, 0.05) is 17.9 Å². The van der Waals surface area contributed by atoms with Crippen LogP contribution in [0.3, 0.4) is 0 Å². The van der Waals surface area contributed by atoms with E-state index in [1.807, 2.05) is 56.3 Å². The number of ketones is 4. The summed E-state index contributed by atoms with van der Waals surface area (Å²) in [7, 11) is 0. The topological polar surface area (TPSA) is 152 Å². The van der Waals surface area contributed by atoms with Gasteiger partial charge in [-0.15, -0.1) is 0 Å². The van der Waals surface area contributed by atoms with Gasteiger partial charge in [0.25, 0.3) is 0 Å². The lowest BCUT2D eigenvalue weighted by Gasteiger charge is -2.48. The Kier molecular flexibility index (Phi) is 6.18. The van der Waals surface area contributed by atoms with Crippen LogP contribution in [0, 0.1) is 23.7 Å². The molecule has 5 atom stereocenters. The molecule has 0 spiro atoms. The van der Waals surface area contributed by atoms with Gasteiger partial charge in [0.05, 0.1) is 11.5 Å². The lowest BCUT2D eigenvalue weighted by molar-refractivity contribution is -0.175. The van der Waals surface area contributed by atoms with E-state index in [1.165, 1.54) is 0 Å². The van der Waals surface area contributed by atoms with Gasteiger partial charge in [0.2, 0.25) is 5.91 Å². The normalized spacial score (nSPS) is 28.8. The molecular formula is C30H29NO7. The van der Waals surface area contributed by atoms with E-state index >= 15 is 0 Å². The molecule has 0 aromatic heterocycles. The number of aliphatic hydroxyl groups is 1. The van der Waals surface area contributed by atoms with Gasteiger partial charge in [0.1, 0.15) is 5.75 Å². The molecule has 38 heavy (non-hydrogen) atoms. The summed E-state index contributed by atoms with van der Waals surface area (Å²) in [5.41, 5.74) is 5.42. The first-order valence-electron chi connectivity index (χ1n) is 12.8. The maximum Gasteiger partial charge on any atom is 0.235 e. The minimum absolute atomic E-state index is 0.00274. The van der Waals surface area contributed by atoms with Crippen molar-refractivity contribution in [1.82, 2.24) is 0 Å². The van der Waals surface area contributed by atoms with Crippen molar-refractivity contribution in [3.63, 3.8) is 0 Å². The van der Waals surface area contributed by atoms with E-state index in [4.69, 9.17) is 5.73 Å². The zero-order chi connectivity index (χ0) is 27.5. The summed E-state index contributed by atoms with van der Waals surface area (Å²) < 4.78 is 0. The predicted molar refractivity (Wildman–Crippen MR) is 138 cm³/mol. The molecule has 196 valence electrons. The van der Waals surface area contributed by atoms with Crippen molar-refractivity contribution < 1.29 is 34.2 Å². The Bertz CT molecular complexity index is 1420. The maximum atomic E-state index is 13.9. The number of nitrogens with two attached hydrogens (primary N) is 1. The number of aromatic hydroxyl groups is 1. The largest absolute Gasteiger partial charge is 0.507 e. The average molecular weight is 516 g/mol. The molecule has 2 unspecified atom stereocenters. The number of Topliss-reactive ketones (excluding diaryl/α,β-unsaturated/α-hetero) is 4. The molecule has 2 aromatic carbocycles. The van der Waals surface area contributed by atoms with Crippen molar-refractivity contribution in [2.45, 2.75) is 44.6 Å². The van der Waals surface area contributed by atoms with Crippen LogP contribution in [0.2, 0.25) is 0 Å². The number of hydrogen-bond acceptors (Lipinski definition) is 7. The molecular weight excluding hydrogens is 486 g/mol. The van der Waals surface area contributed by atoms with Crippen LogP contribution in [0.15, 0.2) is 36.4 Å². The van der Waals surface area contributed by atoms with E-state index in [2.05, 4.69) is 0 Å². The third-order valence-corrected chi connectivity index (χ3v) is 8.34. The lowest BCUT2D eigenvalue weighted by atomic mass is 9.53. The number of carbonyl (C=O) groups excluding carboxylic acids is 5. The van der Waals surface area contributed by atoms with Gasteiger partial charge < -0.3 is 15.9 Å². The summed E-state index contributed by atoms with van der Waals surface area (Å²) in [6.45, 7) is 3.95. The van der Waals surface area contributed by atoms with Gasteiger partial charge >= 0.3 is 0 Å². The number of amides is 1. The van der Waals surface area contributed by atoms with Crippen LogP contribution < -0.4 is 5.73 Å². The van der Waals surface area contributed by atoms with Gasteiger partial charge in [-0.2, -0.15) is 0 Å². The van der Waals surface area contributed by atoms with Crippen LogP contribution in [-0.2, 0) is 25.6 Å². The van der Waals surface area contributed by atoms with Crippen molar-refractivity contribution in [2.24, 2.45) is 29.4 Å². The highest BCUT2D eigenvalue weighted by Gasteiger charge is 2.66. The van der Waals surface area contributed by atoms with Crippen molar-refractivity contribution in [1.29, 1.82) is 0 Å². The van der Waals surface area contributed by atoms with Crippen LogP contribution in [0.1, 0.15) is 65.2 Å². The molecule has 0 radical (unpaired) electrons. The second-order valence-corrected chi connectivity index (χ2v) is 10.9. The van der Waals surface area contributed by atoms with Gasteiger partial charge in [-0.3, -0.25) is 24.0 Å². The first kappa shape index (κ1) is 25.7. The highest BCUT2D eigenvalue weighted by molar-refractivity contribution is 6.31. The Morgan fingerprint density at radius 2 is 1.74 bits per heavy atom. The minimum Gasteiger partial charge on any atom is -0.507 e. The Balaban J connectivity index is 1.60. The molecule has 1 amide bonds. The Hall–Kier alpha value is -3.91. The van der Waals surface area contributed by atoms with Crippen LogP contribution in [0.4, 0.5) is 0 Å². The average Bonchev–Trinajstić information content (AvgIpc) is 2.86. The monoisotopic (exact) mass is 515 g/mol. The lowest BCUT2D eigenvalue weighted by Crippen LogP contribution is -2.68. The molecule has 3 aliphatic carbocycles. The van der Waals surface area contributed by atoms with Crippen molar-refractivity contribution >= 4 is 41.2 Å². The summed E-state index contributed by atoms with van der Waals surface area (Å²) >= 11 is 0. The van der Waals surface area contributed by atoms with E-state index in [0.29, 0.717) is 11.1 Å². The van der Waals surface area contributed by atoms with Gasteiger partial charge in [0.15, 0.2) is 34.7 Å². The number of phenolic OH excluding ortho intramolecular Hbond substituents is 1. The maximum absolute atomic E-state index is 13.9. The molecule has 8 nitrogen and oxygen atoms in total. The first-order chi connectivity index (χ1) is 18.0. The quantitative estimate of drug-likeness (QED) is 0.418. The van der Waals surface area contributed by atoms with E-state index in [-0.39, 0.29) is 36.5 Å². The van der Waals surface area contributed by atoms with Crippen molar-refractivity contribution in [3.05, 3.63) is 64.2 Å². The summed E-state index contributed by atoms with van der Waals surface area (Å²) in [5.74, 6) is -10.0. The van der Waals surface area contributed by atoms with Crippen LogP contribution >= 0.6 is 0 Å². The summed E-state index contributed by atoms with van der Waals surface area (Å²) in [5, 5.41) is 22.6. The number of benzene rings is 2. The summed E-state index contributed by atoms with van der Waals surface area (Å²) in [6, 6.07) is 11.3. The second-order valence-electron chi connectivity index (χ2n) is 10.9. The standard InChI is InChI=1S/C30H29NO7/c1-14(2)19-11-16(9-8-15-6-4-3-5-7-15)25(33)23-20(19)12-17-10-18-13-21(32)24(29(31)37)28(36)30(18,38)27(35)22(17)26(23)34/h3-9,11,14,17-18,22,24,33,38H,10,12-13H2,1-2H3,(H2,31,37)/t17-,18+,22?,24?,30+/m1/s1. The summed E-state index contributed by atoms with van der Waals surface area (Å²) in [6.07, 6.45) is 3.51. The molecule has 2 fully saturated rings. The van der Waals surface area contributed by atoms with Crippen LogP contribution in [0.5, 0.6) is 5.75 Å².